The maximum Gasteiger partial charge on any atom is 0.406 e. The number of halogens is 3. The summed E-state index contributed by atoms with van der Waals surface area (Å²) >= 11 is 0. The molecule has 1 amide bonds. The smallest absolute Gasteiger partial charge is 0.406 e. The van der Waals surface area contributed by atoms with Gasteiger partial charge in [-0.2, -0.15) is 13.2 Å². The van der Waals surface area contributed by atoms with Crippen molar-refractivity contribution in [1.29, 1.82) is 0 Å². The van der Waals surface area contributed by atoms with Crippen molar-refractivity contribution in [2.24, 2.45) is 0 Å². The average molecular weight is 306 g/mol. The van der Waals surface area contributed by atoms with Gasteiger partial charge in [-0.05, 0) is 19.1 Å². The van der Waals surface area contributed by atoms with E-state index in [1.807, 2.05) is 0 Å². The molecule has 0 bridgehead atoms. The normalized spacial score (nSPS) is 11.3. The number of ether oxygens (including phenoxy) is 1. The Morgan fingerprint density at radius 1 is 1.38 bits per heavy atom. The van der Waals surface area contributed by atoms with Crippen LogP contribution in [-0.2, 0) is 16.1 Å². The molecule has 0 fully saturated rings. The van der Waals surface area contributed by atoms with Crippen LogP contribution in [0.25, 0.3) is 0 Å². The van der Waals surface area contributed by atoms with E-state index in [9.17, 15) is 22.8 Å². The number of hydrogen-bond donors (Lipinski definition) is 0. The predicted molar refractivity (Wildman–Crippen MR) is 68.7 cm³/mol. The highest BCUT2D eigenvalue weighted by Gasteiger charge is 2.30. The summed E-state index contributed by atoms with van der Waals surface area (Å²) < 4.78 is 42.7. The van der Waals surface area contributed by atoms with Crippen molar-refractivity contribution in [3.05, 3.63) is 24.0 Å². The molecule has 0 aliphatic rings. The third kappa shape index (κ3) is 5.49. The number of rotatable bonds is 6. The van der Waals surface area contributed by atoms with Gasteiger partial charge in [0.05, 0.1) is 13.0 Å². The quantitative estimate of drug-likeness (QED) is 0.756. The molecule has 0 aliphatic heterocycles. The number of esters is 1. The van der Waals surface area contributed by atoms with Crippen LogP contribution in [0.4, 0.5) is 13.2 Å². The second kappa shape index (κ2) is 7.14. The number of nitrogens with zero attached hydrogens (tertiary/aromatic N) is 2. The van der Waals surface area contributed by atoms with E-state index in [-0.39, 0.29) is 25.3 Å². The summed E-state index contributed by atoms with van der Waals surface area (Å²) in [4.78, 5) is 24.5. The molecule has 0 aromatic carbocycles. The lowest BCUT2D eigenvalue weighted by molar-refractivity contribution is -0.143. The van der Waals surface area contributed by atoms with Crippen LogP contribution < -0.4 is 0 Å². The third-order valence-corrected chi connectivity index (χ3v) is 2.70. The predicted octanol–water partition coefficient (Wildman–Crippen LogP) is 2.08. The van der Waals surface area contributed by atoms with Gasteiger partial charge in [0.25, 0.3) is 5.91 Å². The summed E-state index contributed by atoms with van der Waals surface area (Å²) in [6, 6.07) is 2.69. The maximum absolute atomic E-state index is 12.4. The zero-order valence-corrected chi connectivity index (χ0v) is 11.8. The van der Waals surface area contributed by atoms with E-state index in [0.29, 0.717) is 0 Å². The molecule has 0 radical (unpaired) electrons. The van der Waals surface area contributed by atoms with E-state index in [0.717, 1.165) is 4.57 Å². The minimum atomic E-state index is -4.41. The number of alkyl halides is 3. The number of aromatic nitrogens is 1. The number of hydrogen-bond acceptors (Lipinski definition) is 3. The molecular formula is C13H17F3N2O3. The summed E-state index contributed by atoms with van der Waals surface area (Å²) in [5.74, 6) is -1.03. The molecule has 0 atom stereocenters. The highest BCUT2D eigenvalue weighted by atomic mass is 19.4. The maximum atomic E-state index is 12.4. The first-order chi connectivity index (χ1) is 9.74. The lowest BCUT2D eigenvalue weighted by Crippen LogP contribution is -2.32. The molecule has 1 heterocycles. The van der Waals surface area contributed by atoms with Crippen LogP contribution in [0.2, 0.25) is 0 Å². The molecular weight excluding hydrogens is 289 g/mol. The second-order valence-corrected chi connectivity index (χ2v) is 4.42. The lowest BCUT2D eigenvalue weighted by atomic mass is 10.3. The van der Waals surface area contributed by atoms with Crippen LogP contribution in [0.1, 0.15) is 23.8 Å². The molecule has 0 unspecified atom stereocenters. The Morgan fingerprint density at radius 3 is 2.62 bits per heavy atom. The van der Waals surface area contributed by atoms with Crippen molar-refractivity contribution in [3.8, 4) is 0 Å². The van der Waals surface area contributed by atoms with Gasteiger partial charge < -0.3 is 14.2 Å². The number of amides is 1. The molecule has 0 aliphatic carbocycles. The Morgan fingerprint density at radius 2 is 2.05 bits per heavy atom. The van der Waals surface area contributed by atoms with E-state index >= 15 is 0 Å². The van der Waals surface area contributed by atoms with Crippen molar-refractivity contribution >= 4 is 11.9 Å². The number of carbonyl (C=O) groups excluding carboxylic acids is 2. The van der Waals surface area contributed by atoms with Gasteiger partial charge in [-0.3, -0.25) is 9.59 Å². The SMILES string of the molecule is CCOC(=O)CCN(C)C(=O)c1cccn1CC(F)(F)F. The molecule has 1 rings (SSSR count). The minimum Gasteiger partial charge on any atom is -0.466 e. The zero-order chi connectivity index (χ0) is 16.0. The first-order valence-corrected chi connectivity index (χ1v) is 6.37. The average Bonchev–Trinajstić information content (AvgIpc) is 2.81. The van der Waals surface area contributed by atoms with Gasteiger partial charge in [-0.15, -0.1) is 0 Å². The topological polar surface area (TPSA) is 51.5 Å². The van der Waals surface area contributed by atoms with Crippen molar-refractivity contribution < 1.29 is 27.5 Å². The molecule has 1 aromatic heterocycles. The van der Waals surface area contributed by atoms with Gasteiger partial charge in [-0.25, -0.2) is 0 Å². The van der Waals surface area contributed by atoms with Crippen LogP contribution in [0.15, 0.2) is 18.3 Å². The highest BCUT2D eigenvalue weighted by molar-refractivity contribution is 5.92. The molecule has 0 N–H and O–H groups in total. The summed E-state index contributed by atoms with van der Waals surface area (Å²) in [5, 5.41) is 0. The monoisotopic (exact) mass is 306 g/mol. The van der Waals surface area contributed by atoms with Gasteiger partial charge in [0.15, 0.2) is 0 Å². The van der Waals surface area contributed by atoms with Crippen LogP contribution >= 0.6 is 0 Å². The Kier molecular flexibility index (Phi) is 5.80. The Balaban J connectivity index is 2.66. The van der Waals surface area contributed by atoms with Gasteiger partial charge in [0.1, 0.15) is 12.2 Å². The molecule has 1 aromatic rings. The summed E-state index contributed by atoms with van der Waals surface area (Å²) in [6.45, 7) is 0.753. The fraction of sp³-hybridized carbons (Fsp3) is 0.538. The highest BCUT2D eigenvalue weighted by Crippen LogP contribution is 2.19. The van der Waals surface area contributed by atoms with Crippen molar-refractivity contribution in [2.45, 2.75) is 26.1 Å². The number of carbonyl (C=O) groups is 2. The van der Waals surface area contributed by atoms with Crippen molar-refractivity contribution in [2.75, 3.05) is 20.2 Å². The van der Waals surface area contributed by atoms with Crippen molar-refractivity contribution in [3.63, 3.8) is 0 Å². The van der Waals surface area contributed by atoms with E-state index < -0.39 is 24.6 Å². The molecule has 0 spiro atoms. The molecule has 21 heavy (non-hydrogen) atoms. The summed E-state index contributed by atoms with van der Waals surface area (Å²) in [5.41, 5.74) is -0.0707. The van der Waals surface area contributed by atoms with E-state index in [2.05, 4.69) is 0 Å². The Hall–Kier alpha value is -1.99. The van der Waals surface area contributed by atoms with Crippen LogP contribution in [-0.4, -0.2) is 47.7 Å². The molecule has 8 heteroatoms. The second-order valence-electron chi connectivity index (χ2n) is 4.42. The van der Waals surface area contributed by atoms with Gasteiger partial charge in [0, 0.05) is 19.8 Å². The third-order valence-electron chi connectivity index (χ3n) is 2.70. The summed E-state index contributed by atoms with van der Waals surface area (Å²) in [7, 11) is 1.42. The fourth-order valence-corrected chi connectivity index (χ4v) is 1.73. The van der Waals surface area contributed by atoms with Crippen LogP contribution in [0.5, 0.6) is 0 Å². The Labute approximate surface area is 120 Å². The summed E-state index contributed by atoms with van der Waals surface area (Å²) in [6.07, 6.45) is -3.21. The van der Waals surface area contributed by atoms with Crippen LogP contribution in [0, 0.1) is 0 Å². The molecule has 0 saturated carbocycles. The van der Waals surface area contributed by atoms with E-state index in [1.54, 1.807) is 6.92 Å². The Bertz CT molecular complexity index is 497. The molecule has 5 nitrogen and oxygen atoms in total. The standard InChI is InChI=1S/C13H17F3N2O3/c1-3-21-11(19)6-8-17(2)12(20)10-5-4-7-18(10)9-13(14,15)16/h4-5,7H,3,6,8-9H2,1-2H3. The van der Waals surface area contributed by atoms with Gasteiger partial charge in [-0.1, -0.05) is 0 Å². The minimum absolute atomic E-state index is 0.00391. The van der Waals surface area contributed by atoms with Crippen LogP contribution in [0.3, 0.4) is 0 Å². The zero-order valence-electron chi connectivity index (χ0n) is 11.8. The molecule has 118 valence electrons. The van der Waals surface area contributed by atoms with Crippen molar-refractivity contribution in [1.82, 2.24) is 9.47 Å². The van der Waals surface area contributed by atoms with Gasteiger partial charge >= 0.3 is 12.1 Å². The lowest BCUT2D eigenvalue weighted by Gasteiger charge is -2.18. The first-order valence-electron chi connectivity index (χ1n) is 6.37. The first kappa shape index (κ1) is 17.1. The van der Waals surface area contributed by atoms with Gasteiger partial charge in [0.2, 0.25) is 0 Å². The van der Waals surface area contributed by atoms with E-state index in [1.165, 1.54) is 30.3 Å². The fourth-order valence-electron chi connectivity index (χ4n) is 1.73. The molecule has 0 saturated heterocycles. The van der Waals surface area contributed by atoms with E-state index in [4.69, 9.17) is 4.74 Å². The largest absolute Gasteiger partial charge is 0.466 e.